The fourth-order valence-electron chi connectivity index (χ4n) is 1.97. The molecule has 1 fully saturated rings. The number of nitrogens with two attached hydrogens (primary N) is 1. The first-order valence-corrected chi connectivity index (χ1v) is 7.85. The van der Waals surface area contributed by atoms with E-state index in [4.69, 9.17) is 11.1 Å². The van der Waals surface area contributed by atoms with Gasteiger partial charge in [0.2, 0.25) is 5.95 Å². The molecule has 2 heterocycles. The zero-order valence-electron chi connectivity index (χ0n) is 10.8. The van der Waals surface area contributed by atoms with Crippen LogP contribution in [-0.4, -0.2) is 48.8 Å². The molecule has 2 rings (SSSR count). The minimum Gasteiger partial charge on any atom is -0.382 e. The quantitative estimate of drug-likeness (QED) is 0.569. The van der Waals surface area contributed by atoms with Gasteiger partial charge in [0.1, 0.15) is 11.5 Å². The summed E-state index contributed by atoms with van der Waals surface area (Å²) in [5, 5.41) is 7.42. The standard InChI is InChI=1S/C11H17N5O2S/c1-8-7-9(10(12)13)15-11(14-8)16-3-2-5-19(17,18)6-4-16/h7H,2-6H2,1H3,(H3,12,13). The van der Waals surface area contributed by atoms with Crippen LogP contribution < -0.4 is 10.6 Å². The Labute approximate surface area is 112 Å². The molecule has 1 aromatic rings. The van der Waals surface area contributed by atoms with Crippen molar-refractivity contribution in [3.63, 3.8) is 0 Å². The van der Waals surface area contributed by atoms with Crippen LogP contribution in [-0.2, 0) is 9.84 Å². The summed E-state index contributed by atoms with van der Waals surface area (Å²) in [6, 6.07) is 1.64. The molecule has 3 N–H and O–H groups in total. The van der Waals surface area contributed by atoms with Crippen molar-refractivity contribution >= 4 is 21.6 Å². The van der Waals surface area contributed by atoms with E-state index in [0.29, 0.717) is 36.8 Å². The number of nitrogens with one attached hydrogen (secondary N) is 1. The lowest BCUT2D eigenvalue weighted by atomic mass is 10.3. The van der Waals surface area contributed by atoms with Gasteiger partial charge >= 0.3 is 0 Å². The van der Waals surface area contributed by atoms with Crippen LogP contribution >= 0.6 is 0 Å². The van der Waals surface area contributed by atoms with Gasteiger partial charge in [-0.2, -0.15) is 0 Å². The molecule has 1 aromatic heterocycles. The van der Waals surface area contributed by atoms with Gasteiger partial charge in [0.25, 0.3) is 0 Å². The van der Waals surface area contributed by atoms with Crippen molar-refractivity contribution in [3.05, 3.63) is 17.5 Å². The molecule has 8 heteroatoms. The minimum atomic E-state index is -2.96. The van der Waals surface area contributed by atoms with Crippen molar-refractivity contribution in [2.45, 2.75) is 13.3 Å². The van der Waals surface area contributed by atoms with Crippen molar-refractivity contribution in [1.29, 1.82) is 5.41 Å². The van der Waals surface area contributed by atoms with Gasteiger partial charge in [-0.1, -0.05) is 0 Å². The molecule has 1 aliphatic heterocycles. The molecular weight excluding hydrogens is 266 g/mol. The Balaban J connectivity index is 2.29. The van der Waals surface area contributed by atoms with Gasteiger partial charge in [-0.15, -0.1) is 0 Å². The van der Waals surface area contributed by atoms with E-state index in [0.717, 1.165) is 0 Å². The lowest BCUT2D eigenvalue weighted by Gasteiger charge is -2.20. The Hall–Kier alpha value is -1.70. The number of hydrogen-bond acceptors (Lipinski definition) is 6. The Bertz CT molecular complexity index is 599. The topological polar surface area (TPSA) is 113 Å². The number of anilines is 1. The van der Waals surface area contributed by atoms with E-state index < -0.39 is 9.84 Å². The second-order valence-electron chi connectivity index (χ2n) is 4.60. The second kappa shape index (κ2) is 5.12. The maximum atomic E-state index is 11.6. The smallest absolute Gasteiger partial charge is 0.226 e. The van der Waals surface area contributed by atoms with Gasteiger partial charge in [0.15, 0.2) is 9.84 Å². The van der Waals surface area contributed by atoms with Crippen LogP contribution in [0.3, 0.4) is 0 Å². The largest absolute Gasteiger partial charge is 0.382 e. The lowest BCUT2D eigenvalue weighted by molar-refractivity contribution is 0.597. The molecule has 7 nitrogen and oxygen atoms in total. The van der Waals surface area contributed by atoms with Crippen LogP contribution in [0.25, 0.3) is 0 Å². The van der Waals surface area contributed by atoms with Crippen molar-refractivity contribution in [2.24, 2.45) is 5.73 Å². The molecule has 1 aliphatic rings. The number of nitrogens with zero attached hydrogens (tertiary/aromatic N) is 3. The molecular formula is C11H17N5O2S. The summed E-state index contributed by atoms with van der Waals surface area (Å²) in [4.78, 5) is 10.4. The highest BCUT2D eigenvalue weighted by Crippen LogP contribution is 2.14. The van der Waals surface area contributed by atoms with E-state index in [1.165, 1.54) is 0 Å². The maximum absolute atomic E-state index is 11.6. The maximum Gasteiger partial charge on any atom is 0.226 e. The molecule has 1 saturated heterocycles. The van der Waals surface area contributed by atoms with E-state index in [1.807, 2.05) is 4.90 Å². The number of aromatic nitrogens is 2. The number of nitrogen functional groups attached to an aromatic ring is 1. The molecule has 0 radical (unpaired) electrons. The van der Waals surface area contributed by atoms with Crippen LogP contribution in [0.5, 0.6) is 0 Å². The van der Waals surface area contributed by atoms with Crippen molar-refractivity contribution in [1.82, 2.24) is 9.97 Å². The molecule has 0 saturated carbocycles. The van der Waals surface area contributed by atoms with Crippen molar-refractivity contribution < 1.29 is 8.42 Å². The zero-order chi connectivity index (χ0) is 14.0. The first-order chi connectivity index (χ1) is 8.87. The molecule has 19 heavy (non-hydrogen) atoms. The predicted octanol–water partition coefficient (Wildman–Crippen LogP) is -0.306. The first-order valence-electron chi connectivity index (χ1n) is 6.03. The second-order valence-corrected chi connectivity index (χ2v) is 6.90. The number of aryl methyl sites for hydroxylation is 1. The fraction of sp³-hybridized carbons (Fsp3) is 0.545. The van der Waals surface area contributed by atoms with Crippen molar-refractivity contribution in [3.8, 4) is 0 Å². The van der Waals surface area contributed by atoms with Crippen LogP contribution in [0, 0.1) is 12.3 Å². The minimum absolute atomic E-state index is 0.111. The predicted molar refractivity (Wildman–Crippen MR) is 73.3 cm³/mol. The Morgan fingerprint density at radius 2 is 2.11 bits per heavy atom. The first kappa shape index (κ1) is 13.7. The third-order valence-corrected chi connectivity index (χ3v) is 4.67. The van der Waals surface area contributed by atoms with E-state index >= 15 is 0 Å². The summed E-state index contributed by atoms with van der Waals surface area (Å²) >= 11 is 0. The molecule has 0 aliphatic carbocycles. The molecule has 0 spiro atoms. The number of rotatable bonds is 2. The number of sulfone groups is 1. The van der Waals surface area contributed by atoms with Gasteiger partial charge in [-0.25, -0.2) is 18.4 Å². The van der Waals surface area contributed by atoms with Crippen molar-refractivity contribution in [2.75, 3.05) is 29.5 Å². The van der Waals surface area contributed by atoms with Crippen LogP contribution in [0.1, 0.15) is 17.8 Å². The molecule has 0 atom stereocenters. The number of amidine groups is 1. The SMILES string of the molecule is Cc1cc(C(=N)N)nc(N2CCCS(=O)(=O)CC2)n1. The zero-order valence-corrected chi connectivity index (χ0v) is 11.6. The summed E-state index contributed by atoms with van der Waals surface area (Å²) in [6.07, 6.45) is 0.565. The van der Waals surface area contributed by atoms with Gasteiger partial charge in [0.05, 0.1) is 11.5 Å². The molecule has 0 unspecified atom stereocenters. The molecule has 0 amide bonds. The van der Waals surface area contributed by atoms with Crippen LogP contribution in [0.4, 0.5) is 5.95 Å². The van der Waals surface area contributed by atoms with E-state index in [9.17, 15) is 8.42 Å². The van der Waals surface area contributed by atoms with Crippen LogP contribution in [0.15, 0.2) is 6.07 Å². The van der Waals surface area contributed by atoms with E-state index in [1.54, 1.807) is 13.0 Å². The van der Waals surface area contributed by atoms with Gasteiger partial charge < -0.3 is 10.6 Å². The molecule has 0 aromatic carbocycles. The summed E-state index contributed by atoms with van der Waals surface area (Å²) in [5.74, 6) is 0.644. The average molecular weight is 283 g/mol. The van der Waals surface area contributed by atoms with Gasteiger partial charge in [-0.3, -0.25) is 5.41 Å². The summed E-state index contributed by atoms with van der Waals surface area (Å²) in [6.45, 7) is 2.77. The highest BCUT2D eigenvalue weighted by atomic mass is 32.2. The van der Waals surface area contributed by atoms with Gasteiger partial charge in [-0.05, 0) is 19.4 Å². The summed E-state index contributed by atoms with van der Waals surface area (Å²) < 4.78 is 23.1. The Morgan fingerprint density at radius 3 is 2.79 bits per heavy atom. The summed E-state index contributed by atoms with van der Waals surface area (Å²) in [5.41, 5.74) is 6.51. The van der Waals surface area contributed by atoms with Crippen LogP contribution in [0.2, 0.25) is 0 Å². The lowest BCUT2D eigenvalue weighted by Crippen LogP contribution is -2.29. The third-order valence-electron chi connectivity index (χ3n) is 2.96. The highest BCUT2D eigenvalue weighted by Gasteiger charge is 2.21. The number of hydrogen-bond donors (Lipinski definition) is 2. The summed E-state index contributed by atoms with van der Waals surface area (Å²) in [7, 11) is -2.96. The fourth-order valence-corrected chi connectivity index (χ4v) is 3.24. The monoisotopic (exact) mass is 283 g/mol. The Morgan fingerprint density at radius 1 is 1.37 bits per heavy atom. The molecule has 0 bridgehead atoms. The normalized spacial score (nSPS) is 18.9. The van der Waals surface area contributed by atoms with Gasteiger partial charge in [0, 0.05) is 18.8 Å². The van der Waals surface area contributed by atoms with E-state index in [2.05, 4.69) is 9.97 Å². The molecule has 104 valence electrons. The highest BCUT2D eigenvalue weighted by molar-refractivity contribution is 7.91. The third kappa shape index (κ3) is 3.40. The van der Waals surface area contributed by atoms with E-state index in [-0.39, 0.29) is 17.3 Å². The average Bonchev–Trinajstić information content (AvgIpc) is 2.49. The Kier molecular flexibility index (Phi) is 3.70.